The van der Waals surface area contributed by atoms with Gasteiger partial charge in [0.15, 0.2) is 0 Å². The molecule has 100 valence electrons. The first-order chi connectivity index (χ1) is 8.35. The Morgan fingerprint density at radius 2 is 2.18 bits per heavy atom. The van der Waals surface area contributed by atoms with E-state index in [2.05, 4.69) is 12.2 Å². The van der Waals surface area contributed by atoms with Crippen LogP contribution in [-0.2, 0) is 4.74 Å². The zero-order valence-electron chi connectivity index (χ0n) is 11.5. The topological polar surface area (TPSA) is 21.3 Å². The Balaban J connectivity index is 1.73. The first kappa shape index (κ1) is 13.4. The predicted molar refractivity (Wildman–Crippen MR) is 72.3 cm³/mol. The second-order valence-corrected chi connectivity index (χ2v) is 5.90. The summed E-state index contributed by atoms with van der Waals surface area (Å²) >= 11 is 0. The van der Waals surface area contributed by atoms with Crippen molar-refractivity contribution in [1.82, 2.24) is 5.32 Å². The van der Waals surface area contributed by atoms with Crippen LogP contribution in [0, 0.1) is 0 Å². The molecule has 2 rings (SSSR count). The molecule has 2 saturated heterocycles. The van der Waals surface area contributed by atoms with Crippen LogP contribution >= 0.6 is 0 Å². The second kappa shape index (κ2) is 6.75. The highest BCUT2D eigenvalue weighted by atomic mass is 16.5. The van der Waals surface area contributed by atoms with E-state index in [1.165, 1.54) is 70.8 Å². The average Bonchev–Trinajstić information content (AvgIpc) is 2.75. The highest BCUT2D eigenvalue weighted by molar-refractivity contribution is 4.88. The smallest absolute Gasteiger partial charge is 0.0576 e. The Morgan fingerprint density at radius 3 is 2.94 bits per heavy atom. The van der Waals surface area contributed by atoms with Gasteiger partial charge in [0.05, 0.1) is 6.10 Å². The van der Waals surface area contributed by atoms with Crippen molar-refractivity contribution in [2.24, 2.45) is 0 Å². The van der Waals surface area contributed by atoms with E-state index in [9.17, 15) is 0 Å². The molecule has 2 fully saturated rings. The van der Waals surface area contributed by atoms with E-state index in [0.29, 0.717) is 11.6 Å². The third-order valence-electron chi connectivity index (χ3n) is 4.71. The molecule has 2 aliphatic heterocycles. The minimum absolute atomic E-state index is 0.453. The van der Waals surface area contributed by atoms with Crippen molar-refractivity contribution < 1.29 is 4.74 Å². The van der Waals surface area contributed by atoms with Crippen molar-refractivity contribution >= 4 is 0 Å². The van der Waals surface area contributed by atoms with Crippen LogP contribution in [-0.4, -0.2) is 24.8 Å². The molecule has 2 heteroatoms. The highest BCUT2D eigenvalue weighted by Gasteiger charge is 2.28. The third-order valence-corrected chi connectivity index (χ3v) is 4.71. The summed E-state index contributed by atoms with van der Waals surface area (Å²) in [6.45, 7) is 4.58. The Kier molecular flexibility index (Phi) is 5.30. The summed E-state index contributed by atoms with van der Waals surface area (Å²) in [4.78, 5) is 0. The molecular weight excluding hydrogens is 210 g/mol. The maximum absolute atomic E-state index is 5.71. The number of hydrogen-bond acceptors (Lipinski definition) is 2. The molecule has 2 atom stereocenters. The van der Waals surface area contributed by atoms with Gasteiger partial charge in [-0.25, -0.2) is 0 Å². The maximum atomic E-state index is 5.71. The van der Waals surface area contributed by atoms with Gasteiger partial charge >= 0.3 is 0 Å². The van der Waals surface area contributed by atoms with Crippen molar-refractivity contribution in [3.8, 4) is 0 Å². The van der Waals surface area contributed by atoms with E-state index < -0.39 is 0 Å². The first-order valence-electron chi connectivity index (χ1n) is 7.71. The quantitative estimate of drug-likeness (QED) is 0.790. The van der Waals surface area contributed by atoms with Crippen LogP contribution in [0.15, 0.2) is 0 Å². The van der Waals surface area contributed by atoms with Gasteiger partial charge in [0.2, 0.25) is 0 Å². The lowest BCUT2D eigenvalue weighted by atomic mass is 9.85. The molecule has 0 radical (unpaired) electrons. The monoisotopic (exact) mass is 239 g/mol. The van der Waals surface area contributed by atoms with Gasteiger partial charge in [-0.2, -0.15) is 0 Å². The Hall–Kier alpha value is -0.0800. The van der Waals surface area contributed by atoms with Crippen LogP contribution in [0.4, 0.5) is 0 Å². The van der Waals surface area contributed by atoms with E-state index >= 15 is 0 Å². The molecule has 17 heavy (non-hydrogen) atoms. The fourth-order valence-electron chi connectivity index (χ4n) is 3.44. The van der Waals surface area contributed by atoms with E-state index in [1.807, 2.05) is 0 Å². The first-order valence-corrected chi connectivity index (χ1v) is 7.71. The average molecular weight is 239 g/mol. The molecule has 0 aromatic heterocycles. The van der Waals surface area contributed by atoms with Gasteiger partial charge < -0.3 is 10.1 Å². The summed E-state index contributed by atoms with van der Waals surface area (Å²) in [5.74, 6) is 0. The van der Waals surface area contributed by atoms with Crippen molar-refractivity contribution in [3.05, 3.63) is 0 Å². The minimum Gasteiger partial charge on any atom is -0.378 e. The fourth-order valence-corrected chi connectivity index (χ4v) is 3.44. The number of hydrogen-bond donors (Lipinski definition) is 1. The molecule has 0 saturated carbocycles. The molecule has 2 aliphatic rings. The van der Waals surface area contributed by atoms with Crippen LogP contribution in [0.1, 0.15) is 71.1 Å². The molecule has 2 heterocycles. The summed E-state index contributed by atoms with van der Waals surface area (Å²) in [5, 5.41) is 3.83. The van der Waals surface area contributed by atoms with Crippen LogP contribution < -0.4 is 5.32 Å². The van der Waals surface area contributed by atoms with Gasteiger partial charge in [-0.05, 0) is 57.9 Å². The molecule has 0 amide bonds. The molecule has 0 aromatic rings. The molecule has 1 N–H and O–H groups in total. The Morgan fingerprint density at radius 1 is 1.24 bits per heavy atom. The van der Waals surface area contributed by atoms with Gasteiger partial charge in [0.25, 0.3) is 0 Å². The molecule has 0 spiro atoms. The van der Waals surface area contributed by atoms with E-state index in [1.54, 1.807) is 0 Å². The molecule has 0 aliphatic carbocycles. The maximum Gasteiger partial charge on any atom is 0.0576 e. The summed E-state index contributed by atoms with van der Waals surface area (Å²) in [6.07, 6.45) is 14.0. The van der Waals surface area contributed by atoms with Gasteiger partial charge in [0.1, 0.15) is 0 Å². The zero-order chi connectivity index (χ0) is 12.0. The van der Waals surface area contributed by atoms with Crippen LogP contribution in [0.2, 0.25) is 0 Å². The van der Waals surface area contributed by atoms with Crippen LogP contribution in [0.5, 0.6) is 0 Å². The normalized spacial score (nSPS) is 34.8. The highest BCUT2D eigenvalue weighted by Crippen LogP contribution is 2.29. The largest absolute Gasteiger partial charge is 0.378 e. The van der Waals surface area contributed by atoms with Gasteiger partial charge in [-0.3, -0.25) is 0 Å². The molecule has 2 unspecified atom stereocenters. The van der Waals surface area contributed by atoms with Crippen molar-refractivity contribution in [1.29, 1.82) is 0 Å². The predicted octanol–water partition coefficient (Wildman–Crippen LogP) is 3.65. The SMILES string of the molecule is CCC1(CCCC2CCCO2)CCCCCN1. The molecule has 0 aromatic carbocycles. The Labute approximate surface area is 107 Å². The van der Waals surface area contributed by atoms with Gasteiger partial charge in [-0.1, -0.05) is 19.8 Å². The number of rotatable bonds is 5. The van der Waals surface area contributed by atoms with Gasteiger partial charge in [0, 0.05) is 12.1 Å². The van der Waals surface area contributed by atoms with Crippen LogP contribution in [0.3, 0.4) is 0 Å². The summed E-state index contributed by atoms with van der Waals surface area (Å²) in [5.41, 5.74) is 0.453. The van der Waals surface area contributed by atoms with Crippen molar-refractivity contribution in [3.63, 3.8) is 0 Å². The van der Waals surface area contributed by atoms with Crippen LogP contribution in [0.25, 0.3) is 0 Å². The van der Waals surface area contributed by atoms with Gasteiger partial charge in [-0.15, -0.1) is 0 Å². The lowest BCUT2D eigenvalue weighted by Gasteiger charge is -2.33. The molecule has 2 nitrogen and oxygen atoms in total. The minimum atomic E-state index is 0.453. The number of nitrogens with one attached hydrogen (secondary N) is 1. The summed E-state index contributed by atoms with van der Waals surface area (Å²) in [7, 11) is 0. The van der Waals surface area contributed by atoms with E-state index in [0.717, 1.165) is 6.61 Å². The summed E-state index contributed by atoms with van der Waals surface area (Å²) in [6, 6.07) is 0. The second-order valence-electron chi connectivity index (χ2n) is 5.90. The molecular formula is C15H29NO. The van der Waals surface area contributed by atoms with Crippen molar-refractivity contribution in [2.75, 3.05) is 13.2 Å². The standard InChI is InChI=1S/C15H29NO/c1-2-15(10-4-3-5-12-16-15)11-6-8-14-9-7-13-17-14/h14,16H,2-13H2,1H3. The zero-order valence-corrected chi connectivity index (χ0v) is 11.5. The fraction of sp³-hybridized carbons (Fsp3) is 1.00. The van der Waals surface area contributed by atoms with E-state index in [-0.39, 0.29) is 0 Å². The summed E-state index contributed by atoms with van der Waals surface area (Å²) < 4.78 is 5.71. The Bertz CT molecular complexity index is 203. The third kappa shape index (κ3) is 3.96. The van der Waals surface area contributed by atoms with Crippen molar-refractivity contribution in [2.45, 2.75) is 82.8 Å². The molecule has 0 bridgehead atoms. The lowest BCUT2D eigenvalue weighted by molar-refractivity contribution is 0.0986. The van der Waals surface area contributed by atoms with E-state index in [4.69, 9.17) is 4.74 Å². The lowest BCUT2D eigenvalue weighted by Crippen LogP contribution is -2.44. The number of ether oxygens (including phenoxy) is 1.